The number of anilines is 3. The maximum absolute atomic E-state index is 12.3. The molecule has 0 aliphatic carbocycles. The molecule has 2 aromatic carbocycles. The maximum Gasteiger partial charge on any atom is 0.360 e. The first-order valence-corrected chi connectivity index (χ1v) is 9.40. The molecule has 27 heavy (non-hydrogen) atoms. The van der Waals surface area contributed by atoms with Crippen molar-refractivity contribution < 1.29 is 9.53 Å². The zero-order chi connectivity index (χ0) is 19.1. The van der Waals surface area contributed by atoms with Crippen LogP contribution in [-0.2, 0) is 9.53 Å². The van der Waals surface area contributed by atoms with E-state index in [9.17, 15) is 4.79 Å². The van der Waals surface area contributed by atoms with Crippen molar-refractivity contribution in [2.24, 2.45) is 5.10 Å². The number of rotatable bonds is 7. The highest BCUT2D eigenvalue weighted by molar-refractivity contribution is 7.18. The minimum atomic E-state index is -0.535. The van der Waals surface area contributed by atoms with E-state index >= 15 is 0 Å². The molecule has 3 aromatic rings. The lowest BCUT2D eigenvalue weighted by atomic mass is 10.3. The van der Waals surface area contributed by atoms with Gasteiger partial charge in [0, 0.05) is 5.69 Å². The van der Waals surface area contributed by atoms with E-state index in [0.717, 1.165) is 5.69 Å². The second-order valence-electron chi connectivity index (χ2n) is 5.29. The first-order chi connectivity index (χ1) is 13.2. The second-order valence-corrected chi connectivity index (χ2v) is 6.73. The number of aromatic nitrogens is 1. The number of thiazole rings is 1. The monoisotopic (exact) mass is 400 g/mol. The van der Waals surface area contributed by atoms with Crippen molar-refractivity contribution >= 4 is 51.1 Å². The van der Waals surface area contributed by atoms with Crippen LogP contribution in [0.5, 0.6) is 0 Å². The summed E-state index contributed by atoms with van der Waals surface area (Å²) in [5.41, 5.74) is 4.45. The smallest absolute Gasteiger partial charge is 0.360 e. The molecule has 0 spiro atoms. The van der Waals surface area contributed by atoms with Gasteiger partial charge in [-0.25, -0.2) is 9.78 Å². The third kappa shape index (κ3) is 5.06. The van der Waals surface area contributed by atoms with Crippen LogP contribution >= 0.6 is 22.9 Å². The summed E-state index contributed by atoms with van der Waals surface area (Å²) >= 11 is 7.42. The van der Waals surface area contributed by atoms with E-state index in [4.69, 9.17) is 16.3 Å². The second kappa shape index (κ2) is 9.16. The van der Waals surface area contributed by atoms with Crippen LogP contribution in [-0.4, -0.2) is 23.3 Å². The molecule has 0 aliphatic heterocycles. The highest BCUT2D eigenvalue weighted by Crippen LogP contribution is 2.24. The van der Waals surface area contributed by atoms with E-state index in [1.165, 1.54) is 11.3 Å². The van der Waals surface area contributed by atoms with Crippen molar-refractivity contribution in [2.45, 2.75) is 6.92 Å². The number of halogens is 1. The lowest BCUT2D eigenvalue weighted by Gasteiger charge is -2.06. The Morgan fingerprint density at radius 3 is 2.67 bits per heavy atom. The largest absolute Gasteiger partial charge is 0.461 e. The maximum atomic E-state index is 12.3. The number of benzene rings is 2. The summed E-state index contributed by atoms with van der Waals surface area (Å²) in [7, 11) is 0. The van der Waals surface area contributed by atoms with Crippen LogP contribution in [0.2, 0.25) is 5.02 Å². The van der Waals surface area contributed by atoms with Gasteiger partial charge in [0.05, 0.1) is 28.4 Å². The third-order valence-electron chi connectivity index (χ3n) is 3.39. The van der Waals surface area contributed by atoms with Crippen molar-refractivity contribution in [3.05, 3.63) is 70.7 Å². The van der Waals surface area contributed by atoms with E-state index in [0.29, 0.717) is 20.7 Å². The normalized spacial score (nSPS) is 11.1. The summed E-state index contributed by atoms with van der Waals surface area (Å²) in [6.07, 6.45) is 1.58. The molecule has 6 nitrogen and oxygen atoms in total. The first kappa shape index (κ1) is 18.9. The predicted octanol–water partition coefficient (Wildman–Crippen LogP) is 4.92. The number of hydrogen-bond acceptors (Lipinski definition) is 7. The van der Waals surface area contributed by atoms with Crippen molar-refractivity contribution in [3.63, 3.8) is 0 Å². The number of carbonyl (C=O) groups excluding carboxylic acids is 1. The van der Waals surface area contributed by atoms with E-state index in [1.807, 2.05) is 42.5 Å². The van der Waals surface area contributed by atoms with Crippen molar-refractivity contribution in [1.29, 1.82) is 0 Å². The fourth-order valence-corrected chi connectivity index (χ4v) is 3.15. The molecule has 3 rings (SSSR count). The summed E-state index contributed by atoms with van der Waals surface area (Å²) in [6.45, 7) is 1.99. The number of nitrogens with zero attached hydrogens (tertiary/aromatic N) is 2. The molecule has 0 bridgehead atoms. The zero-order valence-corrected chi connectivity index (χ0v) is 16.1. The Hall–Kier alpha value is -2.90. The summed E-state index contributed by atoms with van der Waals surface area (Å²) in [4.78, 5) is 17.2. The van der Waals surface area contributed by atoms with Gasteiger partial charge >= 0.3 is 5.97 Å². The molecule has 0 fully saturated rings. The number of hydrogen-bond donors (Lipinski definition) is 2. The minimum absolute atomic E-state index is 0.135. The van der Waals surface area contributed by atoms with E-state index < -0.39 is 5.97 Å². The molecule has 138 valence electrons. The fourth-order valence-electron chi connectivity index (χ4n) is 2.16. The van der Waals surface area contributed by atoms with Gasteiger partial charge < -0.3 is 10.1 Å². The summed E-state index contributed by atoms with van der Waals surface area (Å²) in [6, 6.07) is 16.8. The molecule has 2 N–H and O–H groups in total. The van der Waals surface area contributed by atoms with Gasteiger partial charge in [0.1, 0.15) is 0 Å². The Morgan fingerprint density at radius 1 is 1.19 bits per heavy atom. The highest BCUT2D eigenvalue weighted by Gasteiger charge is 2.19. The van der Waals surface area contributed by atoms with Gasteiger partial charge in [-0.2, -0.15) is 5.10 Å². The topological polar surface area (TPSA) is 75.6 Å². The number of carbonyl (C=O) groups is 1. The zero-order valence-electron chi connectivity index (χ0n) is 14.5. The van der Waals surface area contributed by atoms with E-state index in [1.54, 1.807) is 25.3 Å². The molecule has 0 saturated carbocycles. The lowest BCUT2D eigenvalue weighted by Crippen LogP contribution is -2.19. The molecule has 1 heterocycles. The first-order valence-electron chi connectivity index (χ1n) is 8.21. The average molecular weight is 401 g/mol. The quantitative estimate of drug-likeness (QED) is 0.334. The van der Waals surface area contributed by atoms with Crippen LogP contribution in [0.4, 0.5) is 16.5 Å². The third-order valence-corrected chi connectivity index (χ3v) is 4.64. The molecular weight excluding hydrogens is 384 g/mol. The Balaban J connectivity index is 1.84. The summed E-state index contributed by atoms with van der Waals surface area (Å²) < 4.78 is 5.12. The van der Waals surface area contributed by atoms with E-state index in [-0.39, 0.29) is 12.3 Å². The number of hydrazone groups is 1. The van der Waals surface area contributed by atoms with Gasteiger partial charge in [0.2, 0.25) is 0 Å². The van der Waals surface area contributed by atoms with Crippen LogP contribution in [0.3, 0.4) is 0 Å². The highest BCUT2D eigenvalue weighted by atomic mass is 35.5. The van der Waals surface area contributed by atoms with Crippen LogP contribution in [0.1, 0.15) is 11.8 Å². The SMILES string of the molecule is CCOC(=O)/C(=N\Nc1ccccc1Cl)c1cnc(Nc2ccccc2)s1. The molecule has 8 heteroatoms. The fraction of sp³-hybridized carbons (Fsp3) is 0.105. The van der Waals surface area contributed by atoms with Gasteiger partial charge in [-0.05, 0) is 31.2 Å². The Kier molecular flexibility index (Phi) is 6.40. The standard InChI is InChI=1S/C19H17ClN4O2S/c1-2-26-18(25)17(24-23-15-11-7-6-10-14(15)20)16-12-21-19(27-16)22-13-8-4-3-5-9-13/h3-12,23H,2H2,1H3,(H,21,22)/b24-17-. The van der Waals surface area contributed by atoms with Gasteiger partial charge in [-0.1, -0.05) is 53.3 Å². The molecule has 0 amide bonds. The van der Waals surface area contributed by atoms with E-state index in [2.05, 4.69) is 20.8 Å². The Labute approximate surface area is 165 Å². The van der Waals surface area contributed by atoms with Crippen LogP contribution < -0.4 is 10.7 Å². The molecular formula is C19H17ClN4O2S. The Bertz CT molecular complexity index is 944. The Morgan fingerprint density at radius 2 is 1.93 bits per heavy atom. The van der Waals surface area contributed by atoms with Gasteiger partial charge in [0.15, 0.2) is 10.8 Å². The summed E-state index contributed by atoms with van der Waals surface area (Å²) in [5.74, 6) is -0.535. The number of esters is 1. The van der Waals surface area contributed by atoms with Crippen molar-refractivity contribution in [3.8, 4) is 0 Å². The van der Waals surface area contributed by atoms with Gasteiger partial charge in [0.25, 0.3) is 0 Å². The molecule has 1 aromatic heterocycles. The van der Waals surface area contributed by atoms with Crippen LogP contribution in [0.25, 0.3) is 0 Å². The van der Waals surface area contributed by atoms with Gasteiger partial charge in [-0.3, -0.25) is 5.43 Å². The molecule has 0 radical (unpaired) electrons. The minimum Gasteiger partial charge on any atom is -0.461 e. The predicted molar refractivity (Wildman–Crippen MR) is 110 cm³/mol. The number of nitrogens with one attached hydrogen (secondary N) is 2. The number of ether oxygens (including phenoxy) is 1. The number of para-hydroxylation sites is 2. The molecule has 0 saturated heterocycles. The molecule has 0 aliphatic rings. The molecule has 0 atom stereocenters. The average Bonchev–Trinajstić information content (AvgIpc) is 3.12. The van der Waals surface area contributed by atoms with Crippen LogP contribution in [0.15, 0.2) is 65.9 Å². The van der Waals surface area contributed by atoms with Crippen LogP contribution in [0, 0.1) is 0 Å². The lowest BCUT2D eigenvalue weighted by molar-refractivity contribution is -0.134. The van der Waals surface area contributed by atoms with Crippen molar-refractivity contribution in [2.75, 3.05) is 17.3 Å². The van der Waals surface area contributed by atoms with Gasteiger partial charge in [-0.15, -0.1) is 0 Å². The van der Waals surface area contributed by atoms with Crippen molar-refractivity contribution in [1.82, 2.24) is 4.98 Å². The summed E-state index contributed by atoms with van der Waals surface area (Å²) in [5, 5.41) is 8.55. The molecule has 0 unspecified atom stereocenters.